The first-order chi connectivity index (χ1) is 19.2. The largest absolute Gasteiger partial charge is 0.490 e. The smallest absolute Gasteiger partial charge is 0.252 e. The van der Waals surface area contributed by atoms with Crippen LogP contribution in [0.4, 0.5) is 15.8 Å². The molecule has 0 unspecified atom stereocenters. The summed E-state index contributed by atoms with van der Waals surface area (Å²) in [7, 11) is 0. The Bertz CT molecular complexity index is 1600. The summed E-state index contributed by atoms with van der Waals surface area (Å²) in [6.45, 7) is -0.261. The van der Waals surface area contributed by atoms with E-state index in [-0.39, 0.29) is 24.5 Å². The SMILES string of the molecule is NC(=O)c1cc2c(Oc3ccc(N(C(=O)C4(C(N)=O)CC4)c4ccc(F)cc4)cc3)ccnc2cc1OCCO. The van der Waals surface area contributed by atoms with Crippen LogP contribution in [-0.4, -0.2) is 41.0 Å². The zero-order valence-corrected chi connectivity index (χ0v) is 21.2. The van der Waals surface area contributed by atoms with Crippen LogP contribution in [0.25, 0.3) is 10.9 Å². The Morgan fingerprint density at radius 1 is 0.950 bits per heavy atom. The van der Waals surface area contributed by atoms with Crippen molar-refractivity contribution in [2.75, 3.05) is 18.1 Å². The molecule has 0 saturated heterocycles. The molecule has 3 aromatic carbocycles. The van der Waals surface area contributed by atoms with Crippen molar-refractivity contribution in [2.24, 2.45) is 16.9 Å². The summed E-state index contributed by atoms with van der Waals surface area (Å²) in [6.07, 6.45) is 2.21. The number of hydrogen-bond donors (Lipinski definition) is 3. The summed E-state index contributed by atoms with van der Waals surface area (Å²) < 4.78 is 25.1. The molecule has 204 valence electrons. The summed E-state index contributed by atoms with van der Waals surface area (Å²) in [5.74, 6) is -1.40. The zero-order valence-electron chi connectivity index (χ0n) is 21.2. The summed E-state index contributed by atoms with van der Waals surface area (Å²) in [6, 6.07) is 16.5. The molecule has 0 bridgehead atoms. The van der Waals surface area contributed by atoms with Crippen molar-refractivity contribution in [1.29, 1.82) is 0 Å². The molecule has 0 atom stereocenters. The Balaban J connectivity index is 1.47. The Kier molecular flexibility index (Phi) is 7.05. The lowest BCUT2D eigenvalue weighted by Gasteiger charge is -2.26. The molecule has 1 heterocycles. The van der Waals surface area contributed by atoms with Gasteiger partial charge in [0.25, 0.3) is 5.91 Å². The fourth-order valence-corrected chi connectivity index (χ4v) is 4.37. The van der Waals surface area contributed by atoms with Crippen LogP contribution in [0.3, 0.4) is 0 Å². The van der Waals surface area contributed by atoms with Gasteiger partial charge in [0.1, 0.15) is 35.1 Å². The highest BCUT2D eigenvalue weighted by molar-refractivity contribution is 6.16. The van der Waals surface area contributed by atoms with E-state index in [1.807, 2.05) is 0 Å². The molecule has 4 aromatic rings. The van der Waals surface area contributed by atoms with Gasteiger partial charge in [0, 0.05) is 29.0 Å². The zero-order chi connectivity index (χ0) is 28.4. The predicted molar refractivity (Wildman–Crippen MR) is 144 cm³/mol. The molecule has 5 N–H and O–H groups in total. The van der Waals surface area contributed by atoms with Gasteiger partial charge in [-0.05, 0) is 73.5 Å². The number of primary amides is 2. The van der Waals surface area contributed by atoms with Gasteiger partial charge >= 0.3 is 0 Å². The third-order valence-electron chi connectivity index (χ3n) is 6.66. The quantitative estimate of drug-likeness (QED) is 0.258. The van der Waals surface area contributed by atoms with Crippen LogP contribution in [0.2, 0.25) is 0 Å². The number of carbonyl (C=O) groups is 3. The molecule has 0 aliphatic heterocycles. The topological polar surface area (TPSA) is 158 Å². The first kappa shape index (κ1) is 26.6. The Morgan fingerprint density at radius 2 is 1.60 bits per heavy atom. The number of nitrogens with zero attached hydrogens (tertiary/aromatic N) is 2. The molecular weight excluding hydrogens is 519 g/mol. The van der Waals surface area contributed by atoms with Gasteiger partial charge in [0.05, 0.1) is 17.7 Å². The van der Waals surface area contributed by atoms with Gasteiger partial charge in [-0.2, -0.15) is 0 Å². The number of ether oxygens (including phenoxy) is 2. The number of aliphatic hydroxyl groups excluding tert-OH is 1. The second-order valence-electron chi connectivity index (χ2n) is 9.27. The maximum atomic E-state index is 13.6. The third kappa shape index (κ3) is 5.02. The fourth-order valence-electron chi connectivity index (χ4n) is 4.37. The van der Waals surface area contributed by atoms with Crippen LogP contribution >= 0.6 is 0 Å². The minimum atomic E-state index is -1.29. The second kappa shape index (κ2) is 10.6. The average molecular weight is 545 g/mol. The van der Waals surface area contributed by atoms with E-state index in [2.05, 4.69) is 4.98 Å². The highest BCUT2D eigenvalue weighted by atomic mass is 19.1. The standard InChI is InChI=1S/C29H25FN4O6/c30-17-1-3-18(4-2-17)34(28(38)29(10-11-29)27(32)37)19-5-7-20(8-6-19)40-24-9-12-33-23-16-25(39-14-13-35)22(26(31)36)15-21(23)24/h1-9,12,15-16,35H,10-11,13-14H2,(H2,31,36)(H2,32,37). The van der Waals surface area contributed by atoms with Crippen LogP contribution in [0.5, 0.6) is 17.2 Å². The number of pyridine rings is 1. The van der Waals surface area contributed by atoms with Crippen molar-refractivity contribution in [3.05, 3.63) is 84.3 Å². The van der Waals surface area contributed by atoms with E-state index in [1.165, 1.54) is 41.4 Å². The number of fused-ring (bicyclic) bond motifs is 1. The first-order valence-corrected chi connectivity index (χ1v) is 12.4. The molecule has 1 aliphatic carbocycles. The van der Waals surface area contributed by atoms with Gasteiger partial charge in [-0.1, -0.05) is 0 Å². The number of carbonyl (C=O) groups excluding carboxylic acids is 3. The third-order valence-corrected chi connectivity index (χ3v) is 6.66. The van der Waals surface area contributed by atoms with E-state index in [9.17, 15) is 18.8 Å². The number of benzene rings is 3. The molecule has 1 fully saturated rings. The van der Waals surface area contributed by atoms with Gasteiger partial charge < -0.3 is 26.0 Å². The lowest BCUT2D eigenvalue weighted by molar-refractivity contribution is -0.133. The Morgan fingerprint density at radius 3 is 2.17 bits per heavy atom. The van der Waals surface area contributed by atoms with Gasteiger partial charge in [-0.25, -0.2) is 4.39 Å². The minimum Gasteiger partial charge on any atom is -0.490 e. The Labute approximate surface area is 227 Å². The van der Waals surface area contributed by atoms with E-state index in [1.54, 1.807) is 36.4 Å². The number of aromatic nitrogens is 1. The molecule has 1 aromatic heterocycles. The van der Waals surface area contributed by atoms with Gasteiger partial charge in [0.15, 0.2) is 0 Å². The van der Waals surface area contributed by atoms with Crippen LogP contribution in [-0.2, 0) is 9.59 Å². The maximum absolute atomic E-state index is 13.6. The molecule has 3 amide bonds. The van der Waals surface area contributed by atoms with Crippen LogP contribution in [0.15, 0.2) is 72.9 Å². The molecule has 1 aliphatic rings. The number of anilines is 2. The van der Waals surface area contributed by atoms with Gasteiger partial charge in [-0.3, -0.25) is 24.3 Å². The van der Waals surface area contributed by atoms with E-state index in [0.29, 0.717) is 46.6 Å². The summed E-state index contributed by atoms with van der Waals surface area (Å²) in [4.78, 5) is 43.3. The highest BCUT2D eigenvalue weighted by Crippen LogP contribution is 2.49. The van der Waals surface area contributed by atoms with E-state index in [4.69, 9.17) is 26.0 Å². The molecule has 5 rings (SSSR count). The number of halogens is 1. The fraction of sp³-hybridized carbons (Fsp3) is 0.172. The number of amides is 3. The summed E-state index contributed by atoms with van der Waals surface area (Å²) >= 11 is 0. The van der Waals surface area contributed by atoms with Crippen molar-refractivity contribution in [3.63, 3.8) is 0 Å². The first-order valence-electron chi connectivity index (χ1n) is 12.4. The van der Waals surface area contributed by atoms with Crippen molar-refractivity contribution >= 4 is 40.0 Å². The normalized spacial score (nSPS) is 13.4. The molecular formula is C29H25FN4O6. The van der Waals surface area contributed by atoms with E-state index < -0.39 is 29.0 Å². The van der Waals surface area contributed by atoms with Crippen molar-refractivity contribution in [2.45, 2.75) is 12.8 Å². The van der Waals surface area contributed by atoms with Crippen molar-refractivity contribution in [3.8, 4) is 17.2 Å². The highest BCUT2D eigenvalue weighted by Gasteiger charge is 2.57. The van der Waals surface area contributed by atoms with Crippen LogP contribution in [0.1, 0.15) is 23.2 Å². The van der Waals surface area contributed by atoms with E-state index in [0.717, 1.165) is 0 Å². The summed E-state index contributed by atoms with van der Waals surface area (Å²) in [5, 5.41) is 9.57. The van der Waals surface area contributed by atoms with Gasteiger partial charge in [0.2, 0.25) is 11.8 Å². The minimum absolute atomic E-state index is 0.0215. The number of rotatable bonds is 10. The predicted octanol–water partition coefficient (Wildman–Crippen LogP) is 3.57. The van der Waals surface area contributed by atoms with Crippen LogP contribution in [0, 0.1) is 11.2 Å². The van der Waals surface area contributed by atoms with Crippen molar-refractivity contribution < 1.29 is 33.4 Å². The maximum Gasteiger partial charge on any atom is 0.252 e. The average Bonchev–Trinajstić information content (AvgIpc) is 3.76. The number of nitrogens with two attached hydrogens (primary N) is 2. The number of hydrogen-bond acceptors (Lipinski definition) is 7. The monoisotopic (exact) mass is 544 g/mol. The molecule has 0 spiro atoms. The van der Waals surface area contributed by atoms with Crippen molar-refractivity contribution in [1.82, 2.24) is 4.98 Å². The van der Waals surface area contributed by atoms with Crippen LogP contribution < -0.4 is 25.8 Å². The molecule has 40 heavy (non-hydrogen) atoms. The molecule has 11 heteroatoms. The van der Waals surface area contributed by atoms with E-state index >= 15 is 0 Å². The molecule has 0 radical (unpaired) electrons. The number of aliphatic hydroxyl groups is 1. The van der Waals surface area contributed by atoms with Gasteiger partial charge in [-0.15, -0.1) is 0 Å². The lowest BCUT2D eigenvalue weighted by Crippen LogP contribution is -2.41. The Hall–Kier alpha value is -5.03. The molecule has 10 nitrogen and oxygen atoms in total. The second-order valence-corrected chi connectivity index (χ2v) is 9.27. The molecule has 1 saturated carbocycles. The lowest BCUT2D eigenvalue weighted by atomic mass is 10.0. The summed E-state index contributed by atoms with van der Waals surface area (Å²) in [5.41, 5.74) is 11.2.